The fraction of sp³-hybridized carbons (Fsp3) is 0. The fourth-order valence-corrected chi connectivity index (χ4v) is 1.25. The number of hydrogen-bond donors (Lipinski definition) is 2. The summed E-state index contributed by atoms with van der Waals surface area (Å²) in [5, 5.41) is 22.3. The number of rotatable bonds is 2. The van der Waals surface area contributed by atoms with E-state index in [1.807, 2.05) is 0 Å². The molecule has 2 aromatic rings. The van der Waals surface area contributed by atoms with Gasteiger partial charge in [-0.3, -0.25) is 0 Å². The Morgan fingerprint density at radius 3 is 2.69 bits per heavy atom. The molecule has 82 valence electrons. The molecule has 0 fully saturated rings. The molecule has 2 aromatic heterocycles. The molecule has 0 atom stereocenters. The summed E-state index contributed by atoms with van der Waals surface area (Å²) in [5.41, 5.74) is -0.255. The molecule has 0 amide bonds. The zero-order chi connectivity index (χ0) is 11.7. The molecule has 0 unspecified atom stereocenters. The third-order valence-electron chi connectivity index (χ3n) is 1.84. The van der Waals surface area contributed by atoms with Gasteiger partial charge in [0.05, 0.1) is 5.02 Å². The van der Waals surface area contributed by atoms with Crippen LogP contribution >= 0.6 is 11.6 Å². The lowest BCUT2D eigenvalue weighted by Crippen LogP contribution is -2.02. The predicted octanol–water partition coefficient (Wildman–Crippen LogP) is 1.32. The largest absolute Gasteiger partial charge is 0.493 e. The van der Waals surface area contributed by atoms with Gasteiger partial charge in [-0.15, -0.1) is 0 Å². The summed E-state index contributed by atoms with van der Waals surface area (Å²) in [7, 11) is 0. The van der Waals surface area contributed by atoms with Crippen molar-refractivity contribution < 1.29 is 15.0 Å². The summed E-state index contributed by atoms with van der Waals surface area (Å²) in [4.78, 5) is 14.5. The molecule has 0 spiro atoms. The molecule has 2 N–H and O–H groups in total. The van der Waals surface area contributed by atoms with Crippen molar-refractivity contribution in [2.24, 2.45) is 0 Å². The van der Waals surface area contributed by atoms with Crippen LogP contribution in [0.4, 0.5) is 0 Å². The molecule has 16 heavy (non-hydrogen) atoms. The summed E-state index contributed by atoms with van der Waals surface area (Å²) in [6, 6.07) is 4.12. The SMILES string of the molecule is O=C(O)c1cc(O)n(-c2ccc(Cl)cn2)n1. The maximum Gasteiger partial charge on any atom is 0.356 e. The van der Waals surface area contributed by atoms with E-state index in [2.05, 4.69) is 10.1 Å². The number of carboxylic acids is 1. The van der Waals surface area contributed by atoms with Gasteiger partial charge in [0.15, 0.2) is 11.5 Å². The molecule has 2 heterocycles. The lowest BCUT2D eigenvalue weighted by molar-refractivity contribution is 0.0690. The molecule has 0 saturated carbocycles. The maximum absolute atomic E-state index is 10.6. The third-order valence-corrected chi connectivity index (χ3v) is 2.06. The lowest BCUT2D eigenvalue weighted by atomic mass is 10.4. The van der Waals surface area contributed by atoms with Crippen LogP contribution in [0.5, 0.6) is 5.88 Å². The number of carbonyl (C=O) groups is 1. The third kappa shape index (κ3) is 1.82. The average Bonchev–Trinajstić information content (AvgIpc) is 2.62. The number of aromatic nitrogens is 3. The quantitative estimate of drug-likeness (QED) is 0.825. The van der Waals surface area contributed by atoms with Crippen molar-refractivity contribution in [3.8, 4) is 11.7 Å². The highest BCUT2D eigenvalue weighted by atomic mass is 35.5. The minimum atomic E-state index is -1.22. The first-order valence-electron chi connectivity index (χ1n) is 4.22. The predicted molar refractivity (Wildman–Crippen MR) is 55.0 cm³/mol. The molecule has 0 aliphatic carbocycles. The monoisotopic (exact) mass is 239 g/mol. The van der Waals surface area contributed by atoms with Crippen molar-refractivity contribution in [1.82, 2.24) is 14.8 Å². The van der Waals surface area contributed by atoms with Gasteiger partial charge < -0.3 is 10.2 Å². The summed E-state index contributed by atoms with van der Waals surface area (Å²) >= 11 is 5.65. The van der Waals surface area contributed by atoms with Crippen LogP contribution in [0.15, 0.2) is 24.4 Å². The zero-order valence-electron chi connectivity index (χ0n) is 7.83. The highest BCUT2D eigenvalue weighted by Crippen LogP contribution is 2.17. The second-order valence-electron chi connectivity index (χ2n) is 2.94. The van der Waals surface area contributed by atoms with E-state index >= 15 is 0 Å². The first kappa shape index (κ1) is 10.4. The number of carboxylic acid groups (broad SMARTS) is 1. The Balaban J connectivity index is 2.47. The fourth-order valence-electron chi connectivity index (χ4n) is 1.14. The molecular formula is C9H6ClN3O3. The van der Waals surface area contributed by atoms with E-state index in [0.717, 1.165) is 10.7 Å². The number of aromatic hydroxyl groups is 1. The molecule has 0 saturated heterocycles. The van der Waals surface area contributed by atoms with Crippen molar-refractivity contribution in [3.63, 3.8) is 0 Å². The van der Waals surface area contributed by atoms with Crippen molar-refractivity contribution in [1.29, 1.82) is 0 Å². The maximum atomic E-state index is 10.6. The Labute approximate surface area is 94.7 Å². The van der Waals surface area contributed by atoms with Crippen molar-refractivity contribution >= 4 is 17.6 Å². The highest BCUT2D eigenvalue weighted by molar-refractivity contribution is 6.30. The summed E-state index contributed by atoms with van der Waals surface area (Å²) in [5.74, 6) is -1.23. The van der Waals surface area contributed by atoms with Crippen LogP contribution in [-0.4, -0.2) is 30.9 Å². The number of nitrogens with zero attached hydrogens (tertiary/aromatic N) is 3. The topological polar surface area (TPSA) is 88.2 Å². The summed E-state index contributed by atoms with van der Waals surface area (Å²) < 4.78 is 1.01. The molecule has 6 nitrogen and oxygen atoms in total. The van der Waals surface area contributed by atoms with Crippen molar-refractivity contribution in [3.05, 3.63) is 35.1 Å². The van der Waals surface area contributed by atoms with E-state index in [4.69, 9.17) is 16.7 Å². The van der Waals surface area contributed by atoms with Gasteiger partial charge >= 0.3 is 5.97 Å². The van der Waals surface area contributed by atoms with Crippen LogP contribution < -0.4 is 0 Å². The second-order valence-corrected chi connectivity index (χ2v) is 3.38. The van der Waals surface area contributed by atoms with Gasteiger partial charge in [-0.05, 0) is 12.1 Å². The van der Waals surface area contributed by atoms with Crippen LogP contribution in [-0.2, 0) is 0 Å². The van der Waals surface area contributed by atoms with Crippen LogP contribution in [0.2, 0.25) is 5.02 Å². The molecule has 0 aliphatic heterocycles. The first-order valence-corrected chi connectivity index (χ1v) is 4.60. The number of pyridine rings is 1. The van der Waals surface area contributed by atoms with Gasteiger partial charge in [0.25, 0.3) is 0 Å². The molecule has 0 bridgehead atoms. The highest BCUT2D eigenvalue weighted by Gasteiger charge is 2.14. The Hall–Kier alpha value is -2.08. The van der Waals surface area contributed by atoms with E-state index in [1.54, 1.807) is 6.07 Å². The van der Waals surface area contributed by atoms with E-state index in [0.29, 0.717) is 5.02 Å². The second kappa shape index (κ2) is 3.82. The Kier molecular flexibility index (Phi) is 2.49. The average molecular weight is 240 g/mol. The molecule has 0 radical (unpaired) electrons. The van der Waals surface area contributed by atoms with Gasteiger partial charge in [-0.1, -0.05) is 11.6 Å². The van der Waals surface area contributed by atoms with E-state index in [-0.39, 0.29) is 17.4 Å². The Morgan fingerprint density at radius 2 is 2.19 bits per heavy atom. The minimum Gasteiger partial charge on any atom is -0.493 e. The van der Waals surface area contributed by atoms with E-state index in [9.17, 15) is 9.90 Å². The van der Waals surface area contributed by atoms with E-state index < -0.39 is 5.97 Å². The zero-order valence-corrected chi connectivity index (χ0v) is 8.59. The summed E-state index contributed by atoms with van der Waals surface area (Å²) in [6.45, 7) is 0. The van der Waals surface area contributed by atoms with Crippen molar-refractivity contribution in [2.75, 3.05) is 0 Å². The normalized spacial score (nSPS) is 10.3. The van der Waals surface area contributed by atoms with Gasteiger partial charge in [-0.2, -0.15) is 9.78 Å². The smallest absolute Gasteiger partial charge is 0.356 e. The molecule has 0 aromatic carbocycles. The van der Waals surface area contributed by atoms with Gasteiger partial charge in [-0.25, -0.2) is 9.78 Å². The first-order chi connectivity index (χ1) is 7.58. The number of aromatic carboxylic acids is 1. The Morgan fingerprint density at radius 1 is 1.44 bits per heavy atom. The number of hydrogen-bond acceptors (Lipinski definition) is 4. The number of halogens is 1. The standard InChI is InChI=1S/C9H6ClN3O3/c10-5-1-2-7(11-4-5)13-8(14)3-6(12-13)9(15)16/h1-4,14H,(H,15,16). The Bertz CT molecular complexity index is 535. The van der Waals surface area contributed by atoms with E-state index in [1.165, 1.54) is 12.3 Å². The summed E-state index contributed by atoms with van der Waals surface area (Å²) in [6.07, 6.45) is 1.37. The van der Waals surface area contributed by atoms with Crippen LogP contribution in [0.3, 0.4) is 0 Å². The minimum absolute atomic E-state index is 0.255. The van der Waals surface area contributed by atoms with Gasteiger partial charge in [0.2, 0.25) is 5.88 Å². The van der Waals surface area contributed by atoms with Gasteiger partial charge in [0.1, 0.15) is 0 Å². The van der Waals surface area contributed by atoms with Gasteiger partial charge in [0, 0.05) is 12.3 Å². The molecule has 2 rings (SSSR count). The lowest BCUT2D eigenvalue weighted by Gasteiger charge is -2.00. The van der Waals surface area contributed by atoms with Crippen LogP contribution in [0, 0.1) is 0 Å². The van der Waals surface area contributed by atoms with Crippen molar-refractivity contribution in [2.45, 2.75) is 0 Å². The van der Waals surface area contributed by atoms with Crippen LogP contribution in [0.25, 0.3) is 5.82 Å². The van der Waals surface area contributed by atoms with Crippen LogP contribution in [0.1, 0.15) is 10.5 Å². The molecule has 0 aliphatic rings. The molecular weight excluding hydrogens is 234 g/mol. The molecule has 7 heteroatoms.